The molecule has 0 unspecified atom stereocenters. The van der Waals surface area contributed by atoms with Gasteiger partial charge in [-0.15, -0.1) is 0 Å². The Balaban J connectivity index is 2.35. The summed E-state index contributed by atoms with van der Waals surface area (Å²) in [6.45, 7) is 1.65. The first-order valence-corrected chi connectivity index (χ1v) is 4.45. The maximum atomic E-state index is 10.8. The number of carbonyl (C=O) groups excluding carboxylic acids is 1. The number of hydrogen-bond donors (Lipinski definition) is 1. The molecular formula is C9H17NO. The summed E-state index contributed by atoms with van der Waals surface area (Å²) in [4.78, 5) is 10.8. The first kappa shape index (κ1) is 8.72. The maximum absolute atomic E-state index is 10.8. The van der Waals surface area contributed by atoms with Crippen LogP contribution in [0.25, 0.3) is 0 Å². The minimum Gasteiger partial charge on any atom is -0.327 e. The monoisotopic (exact) mass is 155 g/mol. The molecule has 1 saturated carbocycles. The van der Waals surface area contributed by atoms with Gasteiger partial charge in [0, 0.05) is 12.5 Å². The van der Waals surface area contributed by atoms with Crippen molar-refractivity contribution in [3.8, 4) is 0 Å². The second kappa shape index (κ2) is 3.86. The molecule has 2 N–H and O–H groups in total. The van der Waals surface area contributed by atoms with E-state index in [4.69, 9.17) is 5.73 Å². The minimum absolute atomic E-state index is 0.285. The number of Topliss-reactive ketones (excluding diaryl/α,β-unsaturated/α-hetero) is 1. The average Bonchev–Trinajstić information content (AvgIpc) is 1.93. The highest BCUT2D eigenvalue weighted by molar-refractivity contribution is 5.75. The van der Waals surface area contributed by atoms with Crippen LogP contribution in [0.3, 0.4) is 0 Å². The van der Waals surface area contributed by atoms with Gasteiger partial charge in [0.05, 0.1) is 0 Å². The molecule has 1 rings (SSSR count). The summed E-state index contributed by atoms with van der Waals surface area (Å²) in [6.07, 6.45) is 5.46. The molecule has 1 aliphatic carbocycles. The molecule has 0 spiro atoms. The molecular weight excluding hydrogens is 138 g/mol. The fraction of sp³-hybridized carbons (Fsp3) is 0.889. The fourth-order valence-corrected chi connectivity index (χ4v) is 1.86. The Hall–Kier alpha value is -0.370. The topological polar surface area (TPSA) is 43.1 Å². The number of rotatable bonds is 2. The Morgan fingerprint density at radius 2 is 2.09 bits per heavy atom. The lowest BCUT2D eigenvalue weighted by Crippen LogP contribution is -2.34. The lowest BCUT2D eigenvalue weighted by molar-refractivity contribution is -0.118. The van der Waals surface area contributed by atoms with Crippen LogP contribution in [0.15, 0.2) is 0 Å². The standard InChI is InChI=1S/C9H17NO/c1-7(11)6-8-4-2-3-5-9(8)10/h8-9H,2-6,10H2,1H3/t8-,9-/m0/s1. The quantitative estimate of drug-likeness (QED) is 0.656. The summed E-state index contributed by atoms with van der Waals surface area (Å²) in [5.41, 5.74) is 5.88. The van der Waals surface area contributed by atoms with E-state index in [1.54, 1.807) is 6.92 Å². The van der Waals surface area contributed by atoms with E-state index in [2.05, 4.69) is 0 Å². The summed E-state index contributed by atoms with van der Waals surface area (Å²) in [5.74, 6) is 0.758. The summed E-state index contributed by atoms with van der Waals surface area (Å²) in [6, 6.07) is 0.285. The largest absolute Gasteiger partial charge is 0.327 e. The molecule has 0 heterocycles. The molecule has 2 nitrogen and oxygen atoms in total. The zero-order valence-electron chi connectivity index (χ0n) is 7.18. The van der Waals surface area contributed by atoms with E-state index >= 15 is 0 Å². The predicted octanol–water partition coefficient (Wildman–Crippen LogP) is 1.48. The molecule has 0 bridgehead atoms. The third-order valence-electron chi connectivity index (χ3n) is 2.52. The van der Waals surface area contributed by atoms with Crippen molar-refractivity contribution in [1.29, 1.82) is 0 Å². The second-order valence-electron chi connectivity index (χ2n) is 3.61. The highest BCUT2D eigenvalue weighted by Gasteiger charge is 2.22. The van der Waals surface area contributed by atoms with Crippen LogP contribution in [0, 0.1) is 5.92 Å². The van der Waals surface area contributed by atoms with Crippen LogP contribution in [0.4, 0.5) is 0 Å². The molecule has 0 aromatic heterocycles. The molecule has 0 amide bonds. The van der Waals surface area contributed by atoms with E-state index in [0.717, 1.165) is 12.8 Å². The van der Waals surface area contributed by atoms with Crippen molar-refractivity contribution in [2.75, 3.05) is 0 Å². The molecule has 0 radical (unpaired) electrons. The van der Waals surface area contributed by atoms with Gasteiger partial charge in [-0.25, -0.2) is 0 Å². The average molecular weight is 155 g/mol. The summed E-state index contributed by atoms with van der Waals surface area (Å²) < 4.78 is 0. The summed E-state index contributed by atoms with van der Waals surface area (Å²) in [7, 11) is 0. The lowest BCUT2D eigenvalue weighted by atomic mass is 9.82. The molecule has 11 heavy (non-hydrogen) atoms. The predicted molar refractivity (Wildman–Crippen MR) is 45.2 cm³/mol. The Bertz CT molecular complexity index is 144. The molecule has 0 aromatic rings. The first-order chi connectivity index (χ1) is 5.20. The number of hydrogen-bond acceptors (Lipinski definition) is 2. The molecule has 64 valence electrons. The third kappa shape index (κ3) is 2.62. The van der Waals surface area contributed by atoms with Crippen LogP contribution in [0.5, 0.6) is 0 Å². The van der Waals surface area contributed by atoms with E-state index in [1.165, 1.54) is 12.8 Å². The van der Waals surface area contributed by atoms with Crippen molar-refractivity contribution in [2.45, 2.75) is 45.1 Å². The number of ketones is 1. The van der Waals surface area contributed by atoms with E-state index in [-0.39, 0.29) is 11.8 Å². The van der Waals surface area contributed by atoms with E-state index in [0.29, 0.717) is 12.3 Å². The van der Waals surface area contributed by atoms with Gasteiger partial charge in [-0.1, -0.05) is 12.8 Å². The van der Waals surface area contributed by atoms with E-state index < -0.39 is 0 Å². The Kier molecular flexibility index (Phi) is 3.06. The van der Waals surface area contributed by atoms with Crippen molar-refractivity contribution in [2.24, 2.45) is 11.7 Å². The number of nitrogens with two attached hydrogens (primary N) is 1. The van der Waals surface area contributed by atoms with Gasteiger partial charge in [-0.05, 0) is 25.7 Å². The maximum Gasteiger partial charge on any atom is 0.130 e. The lowest BCUT2D eigenvalue weighted by Gasteiger charge is -2.27. The highest BCUT2D eigenvalue weighted by Crippen LogP contribution is 2.25. The van der Waals surface area contributed by atoms with Gasteiger partial charge in [-0.2, -0.15) is 0 Å². The number of carbonyl (C=O) groups is 1. The van der Waals surface area contributed by atoms with Crippen molar-refractivity contribution >= 4 is 5.78 Å². The fourth-order valence-electron chi connectivity index (χ4n) is 1.86. The van der Waals surface area contributed by atoms with Gasteiger partial charge in [-0.3, -0.25) is 0 Å². The van der Waals surface area contributed by atoms with Crippen LogP contribution in [-0.4, -0.2) is 11.8 Å². The van der Waals surface area contributed by atoms with Crippen molar-refractivity contribution < 1.29 is 4.79 Å². The minimum atomic E-state index is 0.285. The van der Waals surface area contributed by atoms with Crippen LogP contribution in [0.1, 0.15) is 39.0 Å². The first-order valence-electron chi connectivity index (χ1n) is 4.45. The van der Waals surface area contributed by atoms with Crippen LogP contribution in [-0.2, 0) is 4.79 Å². The molecule has 0 aromatic carbocycles. The third-order valence-corrected chi connectivity index (χ3v) is 2.52. The molecule has 1 aliphatic rings. The summed E-state index contributed by atoms with van der Waals surface area (Å²) >= 11 is 0. The zero-order valence-corrected chi connectivity index (χ0v) is 7.18. The molecule has 0 aliphatic heterocycles. The summed E-state index contributed by atoms with van der Waals surface area (Å²) in [5, 5.41) is 0. The van der Waals surface area contributed by atoms with E-state index in [9.17, 15) is 4.79 Å². The smallest absolute Gasteiger partial charge is 0.130 e. The second-order valence-corrected chi connectivity index (χ2v) is 3.61. The van der Waals surface area contributed by atoms with Gasteiger partial charge in [0.25, 0.3) is 0 Å². The van der Waals surface area contributed by atoms with Crippen LogP contribution >= 0.6 is 0 Å². The van der Waals surface area contributed by atoms with Gasteiger partial charge >= 0.3 is 0 Å². The normalized spacial score (nSPS) is 31.8. The van der Waals surface area contributed by atoms with Crippen molar-refractivity contribution in [3.05, 3.63) is 0 Å². The molecule has 0 saturated heterocycles. The van der Waals surface area contributed by atoms with Gasteiger partial charge in [0.15, 0.2) is 0 Å². The molecule has 2 atom stereocenters. The Labute approximate surface area is 68.2 Å². The SMILES string of the molecule is CC(=O)C[C@@H]1CCCC[C@@H]1N. The van der Waals surface area contributed by atoms with Crippen molar-refractivity contribution in [3.63, 3.8) is 0 Å². The van der Waals surface area contributed by atoms with Gasteiger partial charge in [0.1, 0.15) is 5.78 Å². The van der Waals surface area contributed by atoms with Crippen LogP contribution in [0.2, 0.25) is 0 Å². The van der Waals surface area contributed by atoms with Gasteiger partial charge in [0.2, 0.25) is 0 Å². The van der Waals surface area contributed by atoms with Gasteiger partial charge < -0.3 is 10.5 Å². The highest BCUT2D eigenvalue weighted by atomic mass is 16.1. The Morgan fingerprint density at radius 1 is 1.45 bits per heavy atom. The zero-order chi connectivity index (χ0) is 8.27. The molecule has 2 heteroatoms. The molecule has 1 fully saturated rings. The van der Waals surface area contributed by atoms with E-state index in [1.807, 2.05) is 0 Å². The Morgan fingerprint density at radius 3 is 2.64 bits per heavy atom. The van der Waals surface area contributed by atoms with Crippen LogP contribution < -0.4 is 5.73 Å². The van der Waals surface area contributed by atoms with Crippen molar-refractivity contribution in [1.82, 2.24) is 0 Å².